The van der Waals surface area contributed by atoms with Crippen molar-refractivity contribution in [3.05, 3.63) is 0 Å². The van der Waals surface area contributed by atoms with Crippen LogP contribution in [-0.4, -0.2) is 41.7 Å². The molecule has 2 heterocycles. The van der Waals surface area contributed by atoms with Gasteiger partial charge in [-0.1, -0.05) is 19.3 Å². The summed E-state index contributed by atoms with van der Waals surface area (Å²) in [6.45, 7) is 0. The van der Waals surface area contributed by atoms with Gasteiger partial charge in [0, 0.05) is 11.0 Å². The average molecular weight is 385 g/mol. The van der Waals surface area contributed by atoms with Gasteiger partial charge in [-0.2, -0.15) is 11.8 Å². The molecule has 0 amide bonds. The van der Waals surface area contributed by atoms with Crippen molar-refractivity contribution in [2.75, 3.05) is 12.0 Å². The Hall–Kier alpha value is -0.830. The first-order valence-corrected chi connectivity index (χ1v) is 11.0. The molecule has 4 rings (SSSR count). The zero-order valence-corrected chi connectivity index (χ0v) is 15.9. The molecule has 4 aliphatic rings. The van der Waals surface area contributed by atoms with Crippen molar-refractivity contribution in [1.82, 2.24) is 0 Å². The van der Waals surface area contributed by atoms with E-state index in [0.717, 1.165) is 38.5 Å². The predicted octanol–water partition coefficient (Wildman–Crippen LogP) is 2.13. The monoisotopic (exact) mass is 385 g/mol. The minimum absolute atomic E-state index is 0.192. The Morgan fingerprint density at radius 3 is 2.54 bits per heavy atom. The second-order valence-electron chi connectivity index (χ2n) is 8.17. The Kier molecular flexibility index (Phi) is 4.96. The van der Waals surface area contributed by atoms with Crippen molar-refractivity contribution in [3.63, 3.8) is 0 Å². The van der Waals surface area contributed by atoms with Gasteiger partial charge in [-0.05, 0) is 50.0 Å². The van der Waals surface area contributed by atoms with E-state index in [1.54, 1.807) is 11.8 Å². The lowest BCUT2D eigenvalue weighted by molar-refractivity contribution is -0.457. The van der Waals surface area contributed by atoms with Gasteiger partial charge >= 0.3 is 11.9 Å². The molecule has 26 heavy (non-hydrogen) atoms. The van der Waals surface area contributed by atoms with Crippen LogP contribution in [0.1, 0.15) is 51.4 Å². The third-order valence-corrected chi connectivity index (χ3v) is 7.68. The number of carbonyl (C=O) groups excluding carboxylic acids is 2. The normalized spacial score (nSPS) is 40.2. The lowest BCUT2D eigenvalue weighted by atomic mass is 9.54. The van der Waals surface area contributed by atoms with E-state index in [4.69, 9.17) is 20.2 Å². The molecule has 5 atom stereocenters. The Balaban J connectivity index is 1.75. The smallest absolute Gasteiger partial charge is 0.367 e. The van der Waals surface area contributed by atoms with Gasteiger partial charge in [-0.25, -0.2) is 9.59 Å². The maximum atomic E-state index is 13.1. The minimum Gasteiger partial charge on any atom is -0.370 e. The van der Waals surface area contributed by atoms with Crippen LogP contribution in [0.2, 0.25) is 0 Å². The van der Waals surface area contributed by atoms with Crippen LogP contribution in [-0.2, 0) is 29.1 Å². The highest BCUT2D eigenvalue weighted by Crippen LogP contribution is 2.54. The number of hydrogen-bond donors (Lipinski definition) is 1. The summed E-state index contributed by atoms with van der Waals surface area (Å²) in [6, 6.07) is 0. The number of epoxide rings is 1. The van der Waals surface area contributed by atoms with E-state index in [0.29, 0.717) is 24.7 Å². The van der Waals surface area contributed by atoms with Crippen LogP contribution >= 0.6 is 11.8 Å². The molecule has 1 spiro atoms. The molecular formula is C18H27NO6S. The molecule has 146 valence electrons. The highest BCUT2D eigenvalue weighted by molar-refractivity contribution is 7.98. The van der Waals surface area contributed by atoms with E-state index in [1.807, 2.05) is 6.26 Å². The Morgan fingerprint density at radius 1 is 1.12 bits per heavy atom. The van der Waals surface area contributed by atoms with E-state index < -0.39 is 22.9 Å². The number of nitrogens with two attached hydrogens (primary N) is 1. The summed E-state index contributed by atoms with van der Waals surface area (Å²) < 4.78 is 5.69. The topological polar surface area (TPSA) is 100 Å². The number of thioether (sulfide) groups is 1. The van der Waals surface area contributed by atoms with Crippen molar-refractivity contribution in [2.45, 2.75) is 69.1 Å². The minimum atomic E-state index is -1.45. The van der Waals surface area contributed by atoms with Gasteiger partial charge in [0.1, 0.15) is 11.0 Å². The van der Waals surface area contributed by atoms with Gasteiger partial charge in [0.05, 0.1) is 12.2 Å². The maximum Gasteiger partial charge on any atom is 0.367 e. The molecule has 0 aromatic heterocycles. The van der Waals surface area contributed by atoms with E-state index >= 15 is 0 Å². The molecule has 7 nitrogen and oxygen atoms in total. The molecule has 2 aliphatic carbocycles. The SMILES string of the molecule is CSCC(C1CCC2OC2C1)C1(N)C(=O)OOOC(=O)C12CCCCC2. The van der Waals surface area contributed by atoms with Gasteiger partial charge in [0.2, 0.25) is 0 Å². The van der Waals surface area contributed by atoms with Gasteiger partial charge in [-0.3, -0.25) is 9.78 Å². The van der Waals surface area contributed by atoms with Crippen LogP contribution in [0.5, 0.6) is 0 Å². The quantitative estimate of drug-likeness (QED) is 0.580. The molecule has 2 N–H and O–H groups in total. The lowest BCUT2D eigenvalue weighted by Gasteiger charge is -2.50. The number of fused-ring (bicyclic) bond motifs is 1. The number of hydrogen-bond acceptors (Lipinski definition) is 8. The molecule has 0 aromatic rings. The van der Waals surface area contributed by atoms with Crippen LogP contribution in [0.15, 0.2) is 0 Å². The fourth-order valence-electron chi connectivity index (χ4n) is 5.49. The molecule has 8 heteroatoms. The molecule has 5 unspecified atom stereocenters. The lowest BCUT2D eigenvalue weighted by Crippen LogP contribution is -2.70. The number of rotatable bonds is 4. The number of ether oxygens (including phenoxy) is 1. The maximum absolute atomic E-state index is 13.1. The van der Waals surface area contributed by atoms with E-state index in [9.17, 15) is 9.59 Å². The van der Waals surface area contributed by atoms with E-state index in [2.05, 4.69) is 5.04 Å². The van der Waals surface area contributed by atoms with E-state index in [1.165, 1.54) is 0 Å². The average Bonchev–Trinajstić information content (AvgIpc) is 3.44. The fraction of sp³-hybridized carbons (Fsp3) is 0.889. The van der Waals surface area contributed by atoms with Crippen molar-refractivity contribution in [3.8, 4) is 0 Å². The standard InChI is InChI=1S/C18H27NO6S/c1-26-10-12(11-5-6-13-14(9-11)22-13)18(19)16(21)24-25-23-15(20)17(18)7-3-2-4-8-17/h11-14H,2-10,19H2,1H3. The first-order valence-electron chi connectivity index (χ1n) is 9.56. The molecule has 0 aromatic carbocycles. The van der Waals surface area contributed by atoms with Crippen molar-refractivity contribution < 1.29 is 29.1 Å². The summed E-state index contributed by atoms with van der Waals surface area (Å²) in [5, 5.41) is 4.48. The second-order valence-corrected chi connectivity index (χ2v) is 9.08. The third-order valence-electron chi connectivity index (χ3n) is 6.99. The highest BCUT2D eigenvalue weighted by atomic mass is 32.2. The van der Waals surface area contributed by atoms with Gasteiger partial charge in [0.25, 0.3) is 0 Å². The summed E-state index contributed by atoms with van der Waals surface area (Å²) >= 11 is 1.65. The molecular weight excluding hydrogens is 358 g/mol. The van der Waals surface area contributed by atoms with Crippen molar-refractivity contribution in [2.24, 2.45) is 23.0 Å². The highest BCUT2D eigenvalue weighted by Gasteiger charge is 2.67. The zero-order valence-electron chi connectivity index (χ0n) is 15.1. The number of carbonyl (C=O) groups is 2. The van der Waals surface area contributed by atoms with E-state index in [-0.39, 0.29) is 17.9 Å². The summed E-state index contributed by atoms with van der Waals surface area (Å²) in [6.07, 6.45) is 9.22. The predicted molar refractivity (Wildman–Crippen MR) is 93.6 cm³/mol. The largest absolute Gasteiger partial charge is 0.370 e. The first-order chi connectivity index (χ1) is 12.5. The van der Waals surface area contributed by atoms with Crippen LogP contribution < -0.4 is 5.73 Å². The van der Waals surface area contributed by atoms with Gasteiger partial charge in [0.15, 0.2) is 0 Å². The Morgan fingerprint density at radius 2 is 1.85 bits per heavy atom. The van der Waals surface area contributed by atoms with Crippen LogP contribution in [0.4, 0.5) is 0 Å². The third kappa shape index (κ3) is 2.77. The van der Waals surface area contributed by atoms with Crippen LogP contribution in [0.25, 0.3) is 0 Å². The molecule has 2 saturated carbocycles. The molecule has 4 fully saturated rings. The summed E-state index contributed by atoms with van der Waals surface area (Å²) in [5.74, 6) is -0.532. The molecule has 2 saturated heterocycles. The van der Waals surface area contributed by atoms with Gasteiger partial charge in [-0.15, -0.1) is 0 Å². The summed E-state index contributed by atoms with van der Waals surface area (Å²) in [7, 11) is 0. The second kappa shape index (κ2) is 6.96. The molecule has 0 radical (unpaired) electrons. The summed E-state index contributed by atoms with van der Waals surface area (Å²) in [5.41, 5.74) is 4.38. The molecule has 2 aliphatic heterocycles. The molecule has 0 bridgehead atoms. The van der Waals surface area contributed by atoms with Crippen molar-refractivity contribution in [1.29, 1.82) is 0 Å². The Labute approximate surface area is 157 Å². The van der Waals surface area contributed by atoms with Crippen LogP contribution in [0, 0.1) is 17.3 Å². The first kappa shape index (κ1) is 18.5. The fourth-order valence-corrected chi connectivity index (χ4v) is 6.38. The van der Waals surface area contributed by atoms with Crippen molar-refractivity contribution >= 4 is 23.7 Å². The Bertz CT molecular complexity index is 580. The van der Waals surface area contributed by atoms with Gasteiger partial charge < -0.3 is 10.5 Å². The zero-order chi connectivity index (χ0) is 18.4. The summed E-state index contributed by atoms with van der Waals surface area (Å²) in [4.78, 5) is 35.6. The van der Waals surface area contributed by atoms with Crippen LogP contribution in [0.3, 0.4) is 0 Å².